The lowest BCUT2D eigenvalue weighted by Crippen LogP contribution is -2.66. The second-order valence-corrected chi connectivity index (χ2v) is 10.8. The van der Waals surface area contributed by atoms with Crippen LogP contribution >= 0.6 is 11.3 Å². The second-order valence-electron chi connectivity index (χ2n) is 9.82. The summed E-state index contributed by atoms with van der Waals surface area (Å²) < 4.78 is 5.45. The third-order valence-corrected chi connectivity index (χ3v) is 8.57. The van der Waals surface area contributed by atoms with Crippen LogP contribution in [0.25, 0.3) is 10.9 Å². The molecule has 1 aromatic carbocycles. The maximum atomic E-state index is 13.6. The average molecular weight is 467 g/mol. The summed E-state index contributed by atoms with van der Waals surface area (Å²) in [4.78, 5) is 26.1. The average Bonchev–Trinajstić information content (AvgIpc) is 3.57. The van der Waals surface area contributed by atoms with E-state index < -0.39 is 0 Å². The first-order valence-electron chi connectivity index (χ1n) is 11.8. The number of thiazole rings is 1. The lowest BCUT2D eigenvalue weighted by molar-refractivity contribution is -0.143. The number of H-pyrrole nitrogens is 1. The first-order valence-corrected chi connectivity index (χ1v) is 12.7. The van der Waals surface area contributed by atoms with E-state index in [9.17, 15) is 9.90 Å². The Hall–Kier alpha value is -2.42. The van der Waals surface area contributed by atoms with Crippen LogP contribution in [0.2, 0.25) is 0 Å². The van der Waals surface area contributed by atoms with Gasteiger partial charge in [-0.15, -0.1) is 11.3 Å². The van der Waals surface area contributed by atoms with Gasteiger partial charge in [0, 0.05) is 65.2 Å². The number of likely N-dealkylation sites (tertiary alicyclic amines) is 1. The highest BCUT2D eigenvalue weighted by Gasteiger charge is 2.54. The SMILES string of the molecule is COc1ccc2c3c([nH]c2c1)[C@@H](CO)N(C(=O)C1CCCC1)CC31CN(Cc2nccs2)C1. The number of methoxy groups -OCH3 is 1. The van der Waals surface area contributed by atoms with Crippen LogP contribution in [0.15, 0.2) is 29.8 Å². The molecule has 2 aromatic heterocycles. The molecule has 33 heavy (non-hydrogen) atoms. The smallest absolute Gasteiger partial charge is 0.226 e. The Morgan fingerprint density at radius 3 is 2.82 bits per heavy atom. The Bertz CT molecular complexity index is 1160. The van der Waals surface area contributed by atoms with Crippen molar-refractivity contribution in [2.45, 2.75) is 43.7 Å². The zero-order valence-electron chi connectivity index (χ0n) is 18.9. The maximum Gasteiger partial charge on any atom is 0.226 e. The Kier molecular flexibility index (Phi) is 5.19. The molecule has 8 heteroatoms. The van der Waals surface area contributed by atoms with Crippen molar-refractivity contribution in [3.8, 4) is 5.75 Å². The summed E-state index contributed by atoms with van der Waals surface area (Å²) in [6, 6.07) is 5.81. The topological polar surface area (TPSA) is 81.7 Å². The Balaban J connectivity index is 1.41. The van der Waals surface area contributed by atoms with Gasteiger partial charge in [0.1, 0.15) is 10.8 Å². The van der Waals surface area contributed by atoms with Crippen LogP contribution in [0.3, 0.4) is 0 Å². The fraction of sp³-hybridized carbons (Fsp3) is 0.520. The van der Waals surface area contributed by atoms with Gasteiger partial charge in [-0.1, -0.05) is 12.8 Å². The largest absolute Gasteiger partial charge is 0.497 e. The molecule has 0 radical (unpaired) electrons. The number of ether oxygens (including phenoxy) is 1. The molecule has 6 rings (SSSR count). The number of aromatic nitrogens is 2. The van der Waals surface area contributed by atoms with Gasteiger partial charge < -0.3 is 19.7 Å². The van der Waals surface area contributed by atoms with Crippen molar-refractivity contribution >= 4 is 28.1 Å². The highest BCUT2D eigenvalue weighted by atomic mass is 32.1. The van der Waals surface area contributed by atoms with Crippen molar-refractivity contribution < 1.29 is 14.6 Å². The van der Waals surface area contributed by atoms with E-state index >= 15 is 0 Å². The lowest BCUT2D eigenvalue weighted by Gasteiger charge is -2.56. The van der Waals surface area contributed by atoms with Gasteiger partial charge in [0.2, 0.25) is 5.91 Å². The number of carbonyl (C=O) groups is 1. The van der Waals surface area contributed by atoms with E-state index in [2.05, 4.69) is 20.9 Å². The fourth-order valence-corrected chi connectivity index (χ4v) is 7.01. The molecule has 4 heterocycles. The molecule has 1 atom stereocenters. The number of nitrogens with one attached hydrogen (secondary N) is 1. The summed E-state index contributed by atoms with van der Waals surface area (Å²) in [5.41, 5.74) is 3.13. The van der Waals surface area contributed by atoms with Gasteiger partial charge in [-0.05, 0) is 30.5 Å². The Morgan fingerprint density at radius 1 is 1.30 bits per heavy atom. The van der Waals surface area contributed by atoms with Crippen LogP contribution in [-0.2, 0) is 16.8 Å². The highest BCUT2D eigenvalue weighted by molar-refractivity contribution is 7.09. The van der Waals surface area contributed by atoms with E-state index in [0.29, 0.717) is 6.54 Å². The highest BCUT2D eigenvalue weighted by Crippen LogP contribution is 2.49. The van der Waals surface area contributed by atoms with E-state index in [1.807, 2.05) is 28.6 Å². The predicted molar refractivity (Wildman–Crippen MR) is 127 cm³/mol. The second kappa shape index (κ2) is 8.11. The van der Waals surface area contributed by atoms with Gasteiger partial charge >= 0.3 is 0 Å². The zero-order chi connectivity index (χ0) is 22.6. The maximum absolute atomic E-state index is 13.6. The normalized spacial score (nSPS) is 22.6. The number of aliphatic hydroxyl groups excluding tert-OH is 1. The van der Waals surface area contributed by atoms with Crippen molar-refractivity contribution in [2.24, 2.45) is 5.92 Å². The summed E-state index contributed by atoms with van der Waals surface area (Å²) in [7, 11) is 1.67. The standard InChI is InChI=1S/C25H30N4O3S/c1-32-17-6-7-18-19(10-17)27-23-20(12-30)29(24(31)16-4-2-3-5-16)15-25(22(18)23)13-28(14-25)11-21-26-8-9-33-21/h6-10,16,20,27,30H,2-5,11-15H2,1H3/t20-/m1/s1. The summed E-state index contributed by atoms with van der Waals surface area (Å²) >= 11 is 1.69. The molecule has 0 bridgehead atoms. The van der Waals surface area contributed by atoms with Crippen LogP contribution < -0.4 is 4.74 Å². The number of benzene rings is 1. The van der Waals surface area contributed by atoms with Crippen LogP contribution in [0, 0.1) is 5.92 Å². The molecule has 174 valence electrons. The van der Waals surface area contributed by atoms with Gasteiger partial charge in [-0.3, -0.25) is 9.69 Å². The number of hydrogen-bond acceptors (Lipinski definition) is 6. The van der Waals surface area contributed by atoms with Gasteiger partial charge in [0.05, 0.1) is 26.3 Å². The molecule has 2 fully saturated rings. The number of amides is 1. The first kappa shape index (κ1) is 21.1. The summed E-state index contributed by atoms with van der Waals surface area (Å²) in [5, 5.41) is 14.8. The van der Waals surface area contributed by atoms with Crippen molar-refractivity contribution in [1.82, 2.24) is 19.8 Å². The first-order chi connectivity index (χ1) is 16.1. The van der Waals surface area contributed by atoms with Crippen LogP contribution in [0.1, 0.15) is 48.0 Å². The van der Waals surface area contributed by atoms with Crippen molar-refractivity contribution in [3.63, 3.8) is 0 Å². The van der Waals surface area contributed by atoms with Crippen LogP contribution in [-0.4, -0.2) is 64.1 Å². The molecule has 2 N–H and O–H groups in total. The van der Waals surface area contributed by atoms with E-state index in [0.717, 1.165) is 67.3 Å². The molecule has 1 amide bonds. The minimum atomic E-state index is -0.329. The minimum absolute atomic E-state index is 0.0751. The van der Waals surface area contributed by atoms with E-state index in [4.69, 9.17) is 4.74 Å². The quantitative estimate of drug-likeness (QED) is 0.602. The number of aliphatic hydroxyl groups is 1. The van der Waals surface area contributed by atoms with E-state index in [1.54, 1.807) is 18.4 Å². The molecule has 2 aliphatic heterocycles. The third-order valence-electron chi connectivity index (χ3n) is 7.80. The molecule has 7 nitrogen and oxygen atoms in total. The molecule has 3 aromatic rings. The van der Waals surface area contributed by atoms with Crippen LogP contribution in [0.4, 0.5) is 0 Å². The molecule has 1 aliphatic carbocycles. The molecule has 0 unspecified atom stereocenters. The van der Waals surface area contributed by atoms with E-state index in [-0.39, 0.29) is 29.9 Å². The summed E-state index contributed by atoms with van der Waals surface area (Å²) in [6.07, 6.45) is 6.03. The van der Waals surface area contributed by atoms with E-state index in [1.165, 1.54) is 10.9 Å². The Labute approximate surface area is 197 Å². The third kappa shape index (κ3) is 3.38. The molecular formula is C25H30N4O3S. The van der Waals surface area contributed by atoms with Crippen molar-refractivity contribution in [3.05, 3.63) is 46.0 Å². The molecule has 1 saturated heterocycles. The fourth-order valence-electron chi connectivity index (χ4n) is 6.35. The molecule has 1 saturated carbocycles. The molecule has 1 spiro atoms. The van der Waals surface area contributed by atoms with Crippen molar-refractivity contribution in [1.29, 1.82) is 0 Å². The number of hydrogen-bond donors (Lipinski definition) is 2. The number of carbonyl (C=O) groups excluding carboxylic acids is 1. The zero-order valence-corrected chi connectivity index (χ0v) is 19.7. The van der Waals surface area contributed by atoms with Gasteiger partial charge in [0.25, 0.3) is 0 Å². The van der Waals surface area contributed by atoms with Gasteiger partial charge in [-0.25, -0.2) is 4.98 Å². The number of aromatic amines is 1. The predicted octanol–water partition coefficient (Wildman–Crippen LogP) is 3.45. The number of nitrogens with zero attached hydrogens (tertiary/aromatic N) is 3. The number of rotatable bonds is 5. The van der Waals surface area contributed by atoms with Crippen LogP contribution in [0.5, 0.6) is 5.75 Å². The summed E-state index contributed by atoms with van der Waals surface area (Å²) in [5.74, 6) is 1.10. The number of fused-ring (bicyclic) bond motifs is 4. The molecular weight excluding hydrogens is 436 g/mol. The molecule has 3 aliphatic rings. The van der Waals surface area contributed by atoms with Crippen molar-refractivity contribution in [2.75, 3.05) is 33.4 Å². The van der Waals surface area contributed by atoms with Gasteiger partial charge in [0.15, 0.2) is 0 Å². The minimum Gasteiger partial charge on any atom is -0.497 e. The Morgan fingerprint density at radius 2 is 2.12 bits per heavy atom. The lowest BCUT2D eigenvalue weighted by atomic mass is 9.68. The monoisotopic (exact) mass is 466 g/mol. The summed E-state index contributed by atoms with van der Waals surface area (Å²) in [6.45, 7) is 3.18. The van der Waals surface area contributed by atoms with Gasteiger partial charge in [-0.2, -0.15) is 0 Å².